The van der Waals surface area contributed by atoms with E-state index < -0.39 is 11.7 Å². The van der Waals surface area contributed by atoms with E-state index >= 15 is 0 Å². The quantitative estimate of drug-likeness (QED) is 0.213. The summed E-state index contributed by atoms with van der Waals surface area (Å²) in [5.41, 5.74) is 10.2. The molecule has 5 nitrogen and oxygen atoms in total. The second-order valence-corrected chi connectivity index (χ2v) is 3.59. The van der Waals surface area contributed by atoms with Crippen LogP contribution in [0.1, 0.15) is 17.5 Å². The van der Waals surface area contributed by atoms with Gasteiger partial charge in [-0.05, 0) is 29.6 Å². The number of benzene rings is 1. The predicted octanol–water partition coefficient (Wildman–Crippen LogP) is 3.70. The van der Waals surface area contributed by atoms with Crippen LogP contribution < -0.4 is 11.3 Å². The minimum atomic E-state index is -4.41. The number of nitrogens with one attached hydrogen (secondary N) is 1. The first-order chi connectivity index (χ1) is 8.99. The monoisotopic (exact) mass is 271 g/mol. The largest absolute Gasteiger partial charge is 0.416 e. The standard InChI is InChI=1S/C11H12F3N5/c12-11(13,14)9-5-4-8(10(7-9)18-15)3-1-2-6-17-19-16/h1,3-5,7,18H,2,6,15H2. The smallest absolute Gasteiger partial charge is 0.324 e. The Kier molecular flexibility index (Phi) is 5.23. The van der Waals surface area contributed by atoms with Gasteiger partial charge in [-0.2, -0.15) is 13.2 Å². The fourth-order valence-electron chi connectivity index (χ4n) is 1.39. The Labute approximate surface area is 107 Å². The van der Waals surface area contributed by atoms with Gasteiger partial charge in [0.15, 0.2) is 0 Å². The van der Waals surface area contributed by atoms with Gasteiger partial charge in [0.1, 0.15) is 0 Å². The Morgan fingerprint density at radius 2 is 2.16 bits per heavy atom. The Morgan fingerprint density at radius 3 is 2.74 bits per heavy atom. The lowest BCUT2D eigenvalue weighted by Crippen LogP contribution is -2.11. The summed E-state index contributed by atoms with van der Waals surface area (Å²) in [6, 6.07) is 3.24. The van der Waals surface area contributed by atoms with Crippen LogP contribution in [0, 0.1) is 0 Å². The number of anilines is 1. The number of nitrogens with two attached hydrogens (primary N) is 1. The molecule has 0 amide bonds. The molecule has 0 aliphatic heterocycles. The summed E-state index contributed by atoms with van der Waals surface area (Å²) < 4.78 is 37.5. The molecule has 8 heteroatoms. The molecule has 1 aromatic rings. The van der Waals surface area contributed by atoms with Gasteiger partial charge in [0.2, 0.25) is 0 Å². The zero-order chi connectivity index (χ0) is 14.3. The van der Waals surface area contributed by atoms with E-state index in [2.05, 4.69) is 15.5 Å². The van der Waals surface area contributed by atoms with Gasteiger partial charge in [-0.3, -0.25) is 5.84 Å². The number of hydrazine groups is 1. The molecule has 0 radical (unpaired) electrons. The Balaban J connectivity index is 2.87. The molecule has 0 bridgehead atoms. The molecule has 19 heavy (non-hydrogen) atoms. The molecule has 1 aromatic carbocycles. The van der Waals surface area contributed by atoms with Crippen molar-refractivity contribution in [1.82, 2.24) is 0 Å². The number of halogens is 3. The third-order valence-corrected chi connectivity index (χ3v) is 2.29. The van der Waals surface area contributed by atoms with Gasteiger partial charge in [0.25, 0.3) is 0 Å². The number of hydrogen-bond acceptors (Lipinski definition) is 3. The number of nitrogen functional groups attached to an aromatic ring is 1. The fraction of sp³-hybridized carbons (Fsp3) is 0.273. The first-order valence-electron chi connectivity index (χ1n) is 5.34. The molecule has 3 N–H and O–H groups in total. The Hall–Kier alpha value is -2.18. The van der Waals surface area contributed by atoms with Crippen LogP contribution in [0.25, 0.3) is 16.5 Å². The van der Waals surface area contributed by atoms with Gasteiger partial charge in [-0.15, -0.1) is 0 Å². The van der Waals surface area contributed by atoms with Crippen molar-refractivity contribution in [2.24, 2.45) is 11.0 Å². The van der Waals surface area contributed by atoms with Gasteiger partial charge >= 0.3 is 6.18 Å². The highest BCUT2D eigenvalue weighted by Gasteiger charge is 2.30. The van der Waals surface area contributed by atoms with Crippen LogP contribution in [-0.2, 0) is 6.18 Å². The van der Waals surface area contributed by atoms with E-state index in [4.69, 9.17) is 11.4 Å². The fourth-order valence-corrected chi connectivity index (χ4v) is 1.39. The average molecular weight is 271 g/mol. The highest BCUT2D eigenvalue weighted by Crippen LogP contribution is 2.32. The van der Waals surface area contributed by atoms with E-state index in [1.807, 2.05) is 0 Å². The van der Waals surface area contributed by atoms with E-state index in [1.165, 1.54) is 6.07 Å². The second-order valence-electron chi connectivity index (χ2n) is 3.59. The molecule has 0 spiro atoms. The van der Waals surface area contributed by atoms with Crippen molar-refractivity contribution < 1.29 is 13.2 Å². The molecule has 0 unspecified atom stereocenters. The molecule has 0 atom stereocenters. The van der Waals surface area contributed by atoms with Crippen LogP contribution >= 0.6 is 0 Å². The summed E-state index contributed by atoms with van der Waals surface area (Å²) in [6.45, 7) is 0.291. The number of nitrogens with zero attached hydrogens (tertiary/aromatic N) is 3. The summed E-state index contributed by atoms with van der Waals surface area (Å²) >= 11 is 0. The third-order valence-electron chi connectivity index (χ3n) is 2.29. The van der Waals surface area contributed by atoms with E-state index in [0.717, 1.165) is 12.1 Å². The van der Waals surface area contributed by atoms with Crippen molar-refractivity contribution in [3.05, 3.63) is 45.8 Å². The van der Waals surface area contributed by atoms with Crippen molar-refractivity contribution in [3.63, 3.8) is 0 Å². The Bertz CT molecular complexity index is 504. The molecule has 0 aliphatic carbocycles. The topological polar surface area (TPSA) is 86.8 Å². The van der Waals surface area contributed by atoms with Crippen molar-refractivity contribution >= 4 is 11.8 Å². The maximum atomic E-state index is 12.5. The maximum absolute atomic E-state index is 12.5. The van der Waals surface area contributed by atoms with Crippen LogP contribution in [-0.4, -0.2) is 6.54 Å². The molecule has 0 saturated heterocycles. The molecule has 1 rings (SSSR count). The van der Waals surface area contributed by atoms with Crippen molar-refractivity contribution in [1.29, 1.82) is 0 Å². The van der Waals surface area contributed by atoms with Crippen LogP contribution in [0.4, 0.5) is 18.9 Å². The minimum Gasteiger partial charge on any atom is -0.324 e. The molecular formula is C11H12F3N5. The number of hydrogen-bond donors (Lipinski definition) is 2. The first-order valence-corrected chi connectivity index (χ1v) is 5.34. The third kappa shape index (κ3) is 4.53. The predicted molar refractivity (Wildman–Crippen MR) is 66.9 cm³/mol. The van der Waals surface area contributed by atoms with Crippen LogP contribution in [0.15, 0.2) is 29.4 Å². The minimum absolute atomic E-state index is 0.176. The van der Waals surface area contributed by atoms with E-state index in [0.29, 0.717) is 18.5 Å². The maximum Gasteiger partial charge on any atom is 0.416 e. The molecule has 0 saturated carbocycles. The SMILES string of the molecule is [N-]=[N+]=NCCC=Cc1ccc(C(F)(F)F)cc1NN. The molecule has 0 aromatic heterocycles. The molecule has 0 heterocycles. The zero-order valence-corrected chi connectivity index (χ0v) is 9.85. The van der Waals surface area contributed by atoms with Crippen molar-refractivity contribution in [2.45, 2.75) is 12.6 Å². The highest BCUT2D eigenvalue weighted by atomic mass is 19.4. The summed E-state index contributed by atoms with van der Waals surface area (Å²) in [7, 11) is 0. The normalized spacial score (nSPS) is 11.4. The average Bonchev–Trinajstić information content (AvgIpc) is 2.37. The van der Waals surface area contributed by atoms with Gasteiger partial charge in [0, 0.05) is 11.5 Å². The highest BCUT2D eigenvalue weighted by molar-refractivity contribution is 5.67. The van der Waals surface area contributed by atoms with Gasteiger partial charge in [0.05, 0.1) is 11.3 Å². The summed E-state index contributed by atoms with van der Waals surface area (Å²) in [4.78, 5) is 2.59. The van der Waals surface area contributed by atoms with Gasteiger partial charge < -0.3 is 5.43 Å². The number of alkyl halides is 3. The number of azide groups is 1. The molecule has 0 fully saturated rings. The van der Waals surface area contributed by atoms with Crippen LogP contribution in [0.3, 0.4) is 0 Å². The van der Waals surface area contributed by atoms with Crippen molar-refractivity contribution in [3.8, 4) is 0 Å². The summed E-state index contributed by atoms with van der Waals surface area (Å²) in [5, 5.41) is 3.33. The first kappa shape index (κ1) is 14.9. The van der Waals surface area contributed by atoms with Crippen LogP contribution in [0.5, 0.6) is 0 Å². The van der Waals surface area contributed by atoms with Gasteiger partial charge in [-0.1, -0.05) is 23.3 Å². The lowest BCUT2D eigenvalue weighted by atomic mass is 10.1. The van der Waals surface area contributed by atoms with E-state index in [1.54, 1.807) is 12.2 Å². The Morgan fingerprint density at radius 1 is 1.42 bits per heavy atom. The van der Waals surface area contributed by atoms with Gasteiger partial charge in [-0.25, -0.2) is 0 Å². The second kappa shape index (κ2) is 6.67. The van der Waals surface area contributed by atoms with Crippen molar-refractivity contribution in [2.75, 3.05) is 12.0 Å². The van der Waals surface area contributed by atoms with E-state index in [-0.39, 0.29) is 5.69 Å². The number of rotatable bonds is 5. The molecule has 102 valence electrons. The zero-order valence-electron chi connectivity index (χ0n) is 9.85. The lowest BCUT2D eigenvalue weighted by Gasteiger charge is -2.11. The molecular weight excluding hydrogens is 259 g/mol. The molecule has 0 aliphatic rings. The van der Waals surface area contributed by atoms with E-state index in [9.17, 15) is 13.2 Å². The lowest BCUT2D eigenvalue weighted by molar-refractivity contribution is -0.137. The van der Waals surface area contributed by atoms with Crippen LogP contribution in [0.2, 0.25) is 0 Å². The summed E-state index contributed by atoms with van der Waals surface area (Å²) in [6.07, 6.45) is -0.606. The summed E-state index contributed by atoms with van der Waals surface area (Å²) in [5.74, 6) is 5.20.